The van der Waals surface area contributed by atoms with Gasteiger partial charge in [0.25, 0.3) is 11.6 Å². The van der Waals surface area contributed by atoms with E-state index in [2.05, 4.69) is 5.32 Å². The number of benzene rings is 1. The first-order chi connectivity index (χ1) is 10.2. The molecule has 0 spiro atoms. The van der Waals surface area contributed by atoms with Gasteiger partial charge in [-0.2, -0.15) is 11.8 Å². The maximum absolute atomic E-state index is 11.9. The van der Waals surface area contributed by atoms with Crippen LogP contribution in [0.4, 0.5) is 5.69 Å². The minimum Gasteiger partial charge on any atom is -0.351 e. The fourth-order valence-corrected chi connectivity index (χ4v) is 3.68. The third-order valence-corrected chi connectivity index (χ3v) is 5.02. The Bertz CT molecular complexity index is 484. The third-order valence-electron chi connectivity index (χ3n) is 3.63. The number of hydrogen-bond donors (Lipinski definition) is 1. The lowest BCUT2D eigenvalue weighted by Gasteiger charge is -2.20. The van der Waals surface area contributed by atoms with Crippen molar-refractivity contribution in [2.75, 3.05) is 12.3 Å². The molecule has 1 aromatic carbocycles. The Morgan fingerprint density at radius 2 is 1.90 bits per heavy atom. The number of carbonyl (C=O) groups is 1. The van der Waals surface area contributed by atoms with Gasteiger partial charge >= 0.3 is 0 Å². The zero-order valence-electron chi connectivity index (χ0n) is 11.9. The van der Waals surface area contributed by atoms with Crippen LogP contribution in [0.2, 0.25) is 0 Å². The molecule has 1 aliphatic rings. The molecule has 0 radical (unpaired) electrons. The third kappa shape index (κ3) is 5.04. The van der Waals surface area contributed by atoms with Crippen LogP contribution in [0.15, 0.2) is 24.3 Å². The summed E-state index contributed by atoms with van der Waals surface area (Å²) in [6.45, 7) is 0.636. The van der Waals surface area contributed by atoms with Crippen molar-refractivity contribution in [1.29, 1.82) is 0 Å². The van der Waals surface area contributed by atoms with Crippen LogP contribution in [0.3, 0.4) is 0 Å². The van der Waals surface area contributed by atoms with Crippen LogP contribution in [0, 0.1) is 10.1 Å². The molecule has 0 aliphatic heterocycles. The molecule has 2 rings (SSSR count). The van der Waals surface area contributed by atoms with Gasteiger partial charge in [0.2, 0.25) is 0 Å². The van der Waals surface area contributed by atoms with Crippen LogP contribution < -0.4 is 5.32 Å². The summed E-state index contributed by atoms with van der Waals surface area (Å²) < 4.78 is 0. The maximum Gasteiger partial charge on any atom is 0.269 e. The highest BCUT2D eigenvalue weighted by Crippen LogP contribution is 2.27. The molecule has 21 heavy (non-hydrogen) atoms. The molecule has 6 heteroatoms. The van der Waals surface area contributed by atoms with Gasteiger partial charge in [-0.05, 0) is 25.0 Å². The summed E-state index contributed by atoms with van der Waals surface area (Å²) in [5, 5.41) is 14.1. The van der Waals surface area contributed by atoms with Gasteiger partial charge in [-0.15, -0.1) is 0 Å². The van der Waals surface area contributed by atoms with Crippen molar-refractivity contribution >= 4 is 23.4 Å². The van der Waals surface area contributed by atoms with Gasteiger partial charge in [-0.3, -0.25) is 14.9 Å². The van der Waals surface area contributed by atoms with Crippen LogP contribution in [0.25, 0.3) is 0 Å². The Balaban J connectivity index is 1.70. The molecule has 1 amide bonds. The zero-order valence-corrected chi connectivity index (χ0v) is 12.7. The summed E-state index contributed by atoms with van der Waals surface area (Å²) >= 11 is 1.94. The van der Waals surface area contributed by atoms with Crippen LogP contribution in [0.5, 0.6) is 0 Å². The first-order valence-electron chi connectivity index (χ1n) is 7.31. The largest absolute Gasteiger partial charge is 0.351 e. The molecule has 1 N–H and O–H groups in total. The standard InChI is InChI=1S/C15H20N2O3S/c18-15(12-6-8-13(9-7-12)17(19)20)16-10-11-21-14-4-2-1-3-5-14/h6-9,14H,1-5,10-11H2,(H,16,18). The van der Waals surface area contributed by atoms with E-state index in [1.807, 2.05) is 11.8 Å². The zero-order chi connectivity index (χ0) is 15.1. The number of carbonyl (C=O) groups excluding carboxylic acids is 1. The molecule has 5 nitrogen and oxygen atoms in total. The average molecular weight is 308 g/mol. The molecule has 0 bridgehead atoms. The lowest BCUT2D eigenvalue weighted by atomic mass is 10.0. The molecule has 1 aliphatic carbocycles. The van der Waals surface area contributed by atoms with Gasteiger partial charge in [0.15, 0.2) is 0 Å². The van der Waals surface area contributed by atoms with Crippen molar-refractivity contribution in [1.82, 2.24) is 5.32 Å². The summed E-state index contributed by atoms with van der Waals surface area (Å²) in [5.74, 6) is 0.748. The fourth-order valence-electron chi connectivity index (χ4n) is 2.46. The molecule has 0 heterocycles. The van der Waals surface area contributed by atoms with E-state index in [0.29, 0.717) is 12.1 Å². The second-order valence-corrected chi connectivity index (χ2v) is 6.60. The average Bonchev–Trinajstić information content (AvgIpc) is 2.52. The highest BCUT2D eigenvalue weighted by Gasteiger charge is 2.13. The molecule has 0 saturated heterocycles. The topological polar surface area (TPSA) is 72.2 Å². The molecule has 114 valence electrons. The predicted molar refractivity (Wildman–Crippen MR) is 84.8 cm³/mol. The minimum atomic E-state index is -0.470. The monoisotopic (exact) mass is 308 g/mol. The normalized spacial score (nSPS) is 15.6. The van der Waals surface area contributed by atoms with Gasteiger partial charge in [0.05, 0.1) is 4.92 Å². The molecular weight excluding hydrogens is 288 g/mol. The quantitative estimate of drug-likeness (QED) is 0.497. The number of thioether (sulfide) groups is 1. The molecule has 0 atom stereocenters. The molecule has 1 fully saturated rings. The first kappa shape index (κ1) is 15.8. The van der Waals surface area contributed by atoms with E-state index in [0.717, 1.165) is 11.0 Å². The van der Waals surface area contributed by atoms with E-state index in [4.69, 9.17) is 0 Å². The number of nitrogens with one attached hydrogen (secondary N) is 1. The van der Waals surface area contributed by atoms with Crippen LogP contribution in [0.1, 0.15) is 42.5 Å². The summed E-state index contributed by atoms with van der Waals surface area (Å²) in [5.41, 5.74) is 0.461. The van der Waals surface area contributed by atoms with Crippen LogP contribution in [-0.2, 0) is 0 Å². The summed E-state index contributed by atoms with van der Waals surface area (Å²) in [6.07, 6.45) is 6.59. The fraction of sp³-hybridized carbons (Fsp3) is 0.533. The second kappa shape index (κ2) is 8.02. The van der Waals surface area contributed by atoms with E-state index < -0.39 is 4.92 Å². The minimum absolute atomic E-state index is 0.000552. The van der Waals surface area contributed by atoms with Gasteiger partial charge in [-0.1, -0.05) is 19.3 Å². The van der Waals surface area contributed by atoms with Crippen LogP contribution in [-0.4, -0.2) is 28.4 Å². The molecule has 0 unspecified atom stereocenters. The van der Waals surface area contributed by atoms with Gasteiger partial charge < -0.3 is 5.32 Å². The maximum atomic E-state index is 11.9. The number of rotatable bonds is 6. The number of hydrogen-bond acceptors (Lipinski definition) is 4. The van der Waals surface area contributed by atoms with Gasteiger partial charge in [0, 0.05) is 35.2 Å². The first-order valence-corrected chi connectivity index (χ1v) is 8.36. The molecule has 0 aromatic heterocycles. The Kier molecular flexibility index (Phi) is 6.04. The molecule has 1 saturated carbocycles. The van der Waals surface area contributed by atoms with Gasteiger partial charge in [0.1, 0.15) is 0 Å². The summed E-state index contributed by atoms with van der Waals surface area (Å²) in [6, 6.07) is 5.68. The van der Waals surface area contributed by atoms with Crippen molar-refractivity contribution in [3.8, 4) is 0 Å². The van der Waals surface area contributed by atoms with Gasteiger partial charge in [-0.25, -0.2) is 0 Å². The number of nitro groups is 1. The van der Waals surface area contributed by atoms with Crippen LogP contribution >= 0.6 is 11.8 Å². The van der Waals surface area contributed by atoms with E-state index in [9.17, 15) is 14.9 Å². The Morgan fingerprint density at radius 3 is 2.52 bits per heavy atom. The number of non-ortho nitro benzene ring substituents is 1. The number of nitrogens with zero attached hydrogens (tertiary/aromatic N) is 1. The Labute approximate surface area is 128 Å². The highest BCUT2D eigenvalue weighted by molar-refractivity contribution is 7.99. The van der Waals surface area contributed by atoms with E-state index >= 15 is 0 Å². The van der Waals surface area contributed by atoms with E-state index in [-0.39, 0.29) is 11.6 Å². The molecule has 1 aromatic rings. The summed E-state index contributed by atoms with van der Waals surface area (Å²) in [7, 11) is 0. The highest BCUT2D eigenvalue weighted by atomic mass is 32.2. The summed E-state index contributed by atoms with van der Waals surface area (Å²) in [4.78, 5) is 22.0. The lowest BCUT2D eigenvalue weighted by molar-refractivity contribution is -0.384. The van der Waals surface area contributed by atoms with E-state index in [1.165, 1.54) is 56.4 Å². The van der Waals surface area contributed by atoms with Crippen molar-refractivity contribution in [2.45, 2.75) is 37.4 Å². The Morgan fingerprint density at radius 1 is 1.24 bits per heavy atom. The van der Waals surface area contributed by atoms with Crippen molar-refractivity contribution in [3.63, 3.8) is 0 Å². The van der Waals surface area contributed by atoms with Crippen molar-refractivity contribution < 1.29 is 9.72 Å². The smallest absolute Gasteiger partial charge is 0.269 e. The van der Waals surface area contributed by atoms with E-state index in [1.54, 1.807) is 0 Å². The molecular formula is C15H20N2O3S. The second-order valence-electron chi connectivity index (χ2n) is 5.19. The van der Waals surface area contributed by atoms with Crippen molar-refractivity contribution in [2.24, 2.45) is 0 Å². The lowest BCUT2D eigenvalue weighted by Crippen LogP contribution is -2.26. The van der Waals surface area contributed by atoms with Crippen molar-refractivity contribution in [3.05, 3.63) is 39.9 Å². The number of nitro benzene ring substituents is 1. The predicted octanol–water partition coefficient (Wildman–Crippen LogP) is 3.39. The number of amides is 1. The Hall–Kier alpha value is -1.56. The SMILES string of the molecule is O=C(NCCSC1CCCCC1)c1ccc([N+](=O)[O-])cc1.